The quantitative estimate of drug-likeness (QED) is 0.378. The maximum absolute atomic E-state index is 14.9. The van der Waals surface area contributed by atoms with E-state index in [-0.39, 0.29) is 12.3 Å². The molecular formula is C34H46O8. The fourth-order valence-electron chi connectivity index (χ4n) is 8.81. The number of allylic oxidation sites excluding steroid dienone is 1. The maximum Gasteiger partial charge on any atom is 0.338 e. The average molecular weight is 583 g/mol. The largest absolute Gasteiger partial charge is 0.458 e. The van der Waals surface area contributed by atoms with Gasteiger partial charge in [0.05, 0.1) is 28.6 Å². The number of ether oxygens (including phenoxy) is 3. The van der Waals surface area contributed by atoms with Gasteiger partial charge in [0.15, 0.2) is 5.78 Å². The maximum atomic E-state index is 14.9. The number of aliphatic hydroxyl groups excluding tert-OH is 1. The molecule has 8 nitrogen and oxygen atoms in total. The molecule has 3 fully saturated rings. The lowest BCUT2D eigenvalue weighted by molar-refractivity contribution is -0.304. The zero-order valence-corrected chi connectivity index (χ0v) is 26.2. The lowest BCUT2D eigenvalue weighted by Crippen LogP contribution is -2.78. The molecule has 8 heteroatoms. The summed E-state index contributed by atoms with van der Waals surface area (Å²) in [5, 5.41) is 24.9. The molecule has 1 aromatic carbocycles. The van der Waals surface area contributed by atoms with Gasteiger partial charge in [-0.2, -0.15) is 0 Å². The number of hydrogen-bond donors (Lipinski definition) is 2. The summed E-state index contributed by atoms with van der Waals surface area (Å²) in [6, 6.07) is 8.55. The van der Waals surface area contributed by atoms with E-state index < -0.39 is 69.6 Å². The van der Waals surface area contributed by atoms with Crippen molar-refractivity contribution in [3.8, 4) is 0 Å². The van der Waals surface area contributed by atoms with Gasteiger partial charge in [0.25, 0.3) is 0 Å². The first-order valence-corrected chi connectivity index (χ1v) is 15.2. The van der Waals surface area contributed by atoms with E-state index in [1.165, 1.54) is 6.92 Å². The standard InChI is InChI=1S/C34H46O8/c1-19-14-17-34(39)28(40-29(38)21-12-10-9-11-13-21)26-32(8,27(37)25(36)24(19)31(34,6)7)23(42-30(3,4)5)18-22-15-16-33(22,26)41-20(2)35/h9-13,22-23,25-26,28,36,39H,14-18H2,1-8H3/t22-,23+,25-,26+,28+,32-,33+,34-/m1/s1. The first-order valence-electron chi connectivity index (χ1n) is 15.2. The van der Waals surface area contributed by atoms with Gasteiger partial charge in [-0.25, -0.2) is 4.79 Å². The molecule has 5 rings (SSSR count). The Balaban J connectivity index is 1.82. The van der Waals surface area contributed by atoms with Crippen LogP contribution in [0.3, 0.4) is 0 Å². The smallest absolute Gasteiger partial charge is 0.338 e. The lowest BCUT2D eigenvalue weighted by atomic mass is 9.41. The summed E-state index contributed by atoms with van der Waals surface area (Å²) in [6.07, 6.45) is -1.21. The average Bonchev–Trinajstić information content (AvgIpc) is 2.89. The van der Waals surface area contributed by atoms with Crippen LogP contribution in [-0.4, -0.2) is 63.0 Å². The molecule has 0 radical (unpaired) electrons. The summed E-state index contributed by atoms with van der Waals surface area (Å²) in [7, 11) is 0. The van der Waals surface area contributed by atoms with E-state index >= 15 is 0 Å². The summed E-state index contributed by atoms with van der Waals surface area (Å²) in [5.41, 5.74) is -4.56. The molecule has 42 heavy (non-hydrogen) atoms. The molecule has 2 N–H and O–H groups in total. The number of hydrogen-bond acceptors (Lipinski definition) is 8. The predicted molar refractivity (Wildman–Crippen MR) is 155 cm³/mol. The first-order chi connectivity index (χ1) is 19.4. The number of Topliss-reactive ketones (excluding diaryl/α,β-unsaturated/α-hetero) is 1. The van der Waals surface area contributed by atoms with Crippen LogP contribution in [0, 0.1) is 22.7 Å². The van der Waals surface area contributed by atoms with E-state index in [2.05, 4.69) is 0 Å². The molecule has 2 bridgehead atoms. The number of esters is 2. The summed E-state index contributed by atoms with van der Waals surface area (Å²) in [6.45, 7) is 14.3. The van der Waals surface area contributed by atoms with Gasteiger partial charge < -0.3 is 24.4 Å². The van der Waals surface area contributed by atoms with Crippen molar-refractivity contribution in [3.63, 3.8) is 0 Å². The number of carbonyl (C=O) groups is 3. The predicted octanol–water partition coefficient (Wildman–Crippen LogP) is 4.95. The molecule has 0 aromatic heterocycles. The minimum atomic E-state index is -1.70. The van der Waals surface area contributed by atoms with Crippen molar-refractivity contribution in [2.24, 2.45) is 22.7 Å². The highest BCUT2D eigenvalue weighted by atomic mass is 16.6. The van der Waals surface area contributed by atoms with Crippen LogP contribution in [0.5, 0.6) is 0 Å². The van der Waals surface area contributed by atoms with Crippen molar-refractivity contribution < 1.29 is 38.8 Å². The second-order valence-corrected chi connectivity index (χ2v) is 14.7. The van der Waals surface area contributed by atoms with E-state index in [9.17, 15) is 24.6 Å². The third-order valence-electron chi connectivity index (χ3n) is 10.9. The third kappa shape index (κ3) is 4.39. The Hall–Kier alpha value is -2.55. The van der Waals surface area contributed by atoms with Gasteiger partial charge >= 0.3 is 11.9 Å². The molecule has 4 aliphatic rings. The van der Waals surface area contributed by atoms with Crippen molar-refractivity contribution in [1.82, 2.24) is 0 Å². The van der Waals surface area contributed by atoms with Crippen LogP contribution < -0.4 is 0 Å². The van der Waals surface area contributed by atoms with E-state index in [0.717, 1.165) is 12.0 Å². The monoisotopic (exact) mass is 582 g/mol. The zero-order chi connectivity index (χ0) is 31.0. The number of ketones is 1. The molecule has 0 heterocycles. The van der Waals surface area contributed by atoms with E-state index in [0.29, 0.717) is 30.4 Å². The summed E-state index contributed by atoms with van der Waals surface area (Å²) < 4.78 is 19.3. The molecular weight excluding hydrogens is 536 g/mol. The normalized spacial score (nSPS) is 39.2. The van der Waals surface area contributed by atoms with Gasteiger partial charge in [0.1, 0.15) is 23.4 Å². The van der Waals surface area contributed by atoms with Crippen molar-refractivity contribution in [1.29, 1.82) is 0 Å². The summed E-state index contributed by atoms with van der Waals surface area (Å²) in [4.78, 5) is 41.4. The van der Waals surface area contributed by atoms with Gasteiger partial charge in [-0.1, -0.05) is 37.6 Å². The van der Waals surface area contributed by atoms with Gasteiger partial charge in [0.2, 0.25) is 0 Å². The Bertz CT molecular complexity index is 1310. The van der Waals surface area contributed by atoms with Crippen LogP contribution in [0.25, 0.3) is 0 Å². The Morgan fingerprint density at radius 1 is 1.05 bits per heavy atom. The third-order valence-corrected chi connectivity index (χ3v) is 10.9. The van der Waals surface area contributed by atoms with Crippen LogP contribution in [0.15, 0.2) is 41.5 Å². The van der Waals surface area contributed by atoms with E-state index in [4.69, 9.17) is 14.2 Å². The highest BCUT2D eigenvalue weighted by Crippen LogP contribution is 2.67. The van der Waals surface area contributed by atoms with Gasteiger partial charge in [0, 0.05) is 18.3 Å². The highest BCUT2D eigenvalue weighted by molar-refractivity contribution is 5.94. The van der Waals surface area contributed by atoms with Crippen molar-refractivity contribution >= 4 is 17.7 Å². The van der Waals surface area contributed by atoms with Crippen molar-refractivity contribution in [2.75, 3.05) is 0 Å². The van der Waals surface area contributed by atoms with Crippen LogP contribution in [0.2, 0.25) is 0 Å². The molecule has 3 saturated carbocycles. The summed E-state index contributed by atoms with van der Waals surface area (Å²) in [5.74, 6) is -2.77. The molecule has 0 unspecified atom stereocenters. The molecule has 8 atom stereocenters. The SMILES string of the molecule is CC(=O)O[C@@]12CC[C@@H]1C[C@H](OC(C)(C)C)[C@@]1(C)C(=O)[C@H](O)C3=C(C)CC[C@@](O)([C@@H](OC(=O)c4ccccc4)[C@H]21)C3(C)C. The fourth-order valence-corrected chi connectivity index (χ4v) is 8.81. The molecule has 230 valence electrons. The van der Waals surface area contributed by atoms with Crippen LogP contribution >= 0.6 is 0 Å². The molecule has 0 saturated heterocycles. The highest BCUT2D eigenvalue weighted by Gasteiger charge is 2.76. The second-order valence-electron chi connectivity index (χ2n) is 14.7. The van der Waals surface area contributed by atoms with E-state index in [1.807, 2.05) is 27.7 Å². The number of aliphatic hydroxyl groups is 2. The van der Waals surface area contributed by atoms with Crippen molar-refractivity contribution in [2.45, 2.75) is 123 Å². The molecule has 4 aliphatic carbocycles. The number of benzene rings is 1. The number of rotatable bonds is 4. The molecule has 0 aliphatic heterocycles. The van der Waals surface area contributed by atoms with Crippen molar-refractivity contribution in [3.05, 3.63) is 47.0 Å². The molecule has 0 amide bonds. The van der Waals surface area contributed by atoms with Crippen LogP contribution in [-0.2, 0) is 23.8 Å². The molecule has 0 spiro atoms. The Kier molecular flexibility index (Phi) is 7.35. The Morgan fingerprint density at radius 3 is 2.24 bits per heavy atom. The minimum Gasteiger partial charge on any atom is -0.458 e. The summed E-state index contributed by atoms with van der Waals surface area (Å²) >= 11 is 0. The lowest BCUT2D eigenvalue weighted by Gasteiger charge is -2.68. The van der Waals surface area contributed by atoms with Crippen LogP contribution in [0.4, 0.5) is 0 Å². The van der Waals surface area contributed by atoms with Gasteiger partial charge in [-0.3, -0.25) is 9.59 Å². The number of fused-ring (bicyclic) bond motifs is 5. The topological polar surface area (TPSA) is 119 Å². The fraction of sp³-hybridized carbons (Fsp3) is 0.676. The molecule has 1 aromatic rings. The Labute approximate surface area is 248 Å². The van der Waals surface area contributed by atoms with Gasteiger partial charge in [-0.05, 0) is 84.4 Å². The first kappa shape index (κ1) is 30.9. The van der Waals surface area contributed by atoms with Crippen LogP contribution in [0.1, 0.15) is 97.9 Å². The zero-order valence-electron chi connectivity index (χ0n) is 26.2. The minimum absolute atomic E-state index is 0.179. The van der Waals surface area contributed by atoms with Gasteiger partial charge in [-0.15, -0.1) is 0 Å². The number of carbonyl (C=O) groups excluding carboxylic acids is 3. The second kappa shape index (κ2) is 10.00. The van der Waals surface area contributed by atoms with E-state index in [1.54, 1.807) is 51.1 Å². The Morgan fingerprint density at radius 2 is 1.69 bits per heavy atom.